The van der Waals surface area contributed by atoms with Crippen molar-refractivity contribution in [3.63, 3.8) is 0 Å². The molecule has 2 N–H and O–H groups in total. The predicted molar refractivity (Wildman–Crippen MR) is 63.0 cm³/mol. The lowest BCUT2D eigenvalue weighted by atomic mass is 9.89. The van der Waals surface area contributed by atoms with Gasteiger partial charge in [0.1, 0.15) is 0 Å². The van der Waals surface area contributed by atoms with Crippen molar-refractivity contribution in [2.45, 2.75) is 20.1 Å². The van der Waals surface area contributed by atoms with Crippen molar-refractivity contribution >= 4 is 0 Å². The molecule has 1 aliphatic heterocycles. The molecule has 3 heteroatoms. The van der Waals surface area contributed by atoms with Crippen molar-refractivity contribution in [1.29, 1.82) is 0 Å². The summed E-state index contributed by atoms with van der Waals surface area (Å²) in [7, 11) is 0. The molecule has 0 radical (unpaired) electrons. The van der Waals surface area contributed by atoms with Crippen LogP contribution in [0.5, 0.6) is 0 Å². The molecular weight excluding hydrogens is 202 g/mol. The second-order valence-electron chi connectivity index (χ2n) is 4.89. The topological polar surface area (TPSA) is 41.5 Å². The average molecular weight is 221 g/mol. The molecule has 1 aromatic carbocycles. The number of ether oxygens (including phenoxy) is 1. The van der Waals surface area contributed by atoms with Crippen molar-refractivity contribution in [2.24, 2.45) is 5.41 Å². The number of hydrogen-bond donors (Lipinski definition) is 2. The summed E-state index contributed by atoms with van der Waals surface area (Å²) in [6.45, 7) is 5.89. The molecular formula is C13H19NO2. The maximum atomic E-state index is 9.03. The lowest BCUT2D eigenvalue weighted by Crippen LogP contribution is -2.47. The van der Waals surface area contributed by atoms with Crippen molar-refractivity contribution in [1.82, 2.24) is 5.32 Å². The maximum Gasteiger partial charge on any atom is 0.0681 e. The van der Waals surface area contributed by atoms with Gasteiger partial charge in [-0.2, -0.15) is 0 Å². The van der Waals surface area contributed by atoms with Crippen LogP contribution in [0, 0.1) is 5.41 Å². The van der Waals surface area contributed by atoms with Crippen LogP contribution in [0.4, 0.5) is 0 Å². The minimum Gasteiger partial charge on any atom is -0.392 e. The van der Waals surface area contributed by atoms with Crippen LogP contribution in [0.25, 0.3) is 0 Å². The fourth-order valence-electron chi connectivity index (χ4n) is 1.90. The normalized spacial score (nSPS) is 18.1. The Morgan fingerprint density at radius 2 is 2.12 bits per heavy atom. The van der Waals surface area contributed by atoms with Gasteiger partial charge in [-0.1, -0.05) is 31.2 Å². The first-order valence-corrected chi connectivity index (χ1v) is 5.69. The smallest absolute Gasteiger partial charge is 0.0681 e. The van der Waals surface area contributed by atoms with E-state index in [0.717, 1.165) is 31.9 Å². The zero-order valence-corrected chi connectivity index (χ0v) is 9.70. The molecule has 3 nitrogen and oxygen atoms in total. The van der Waals surface area contributed by atoms with E-state index in [9.17, 15) is 0 Å². The van der Waals surface area contributed by atoms with Crippen LogP contribution in [-0.4, -0.2) is 24.9 Å². The molecule has 0 unspecified atom stereocenters. The van der Waals surface area contributed by atoms with Gasteiger partial charge >= 0.3 is 0 Å². The van der Waals surface area contributed by atoms with Gasteiger partial charge in [-0.05, 0) is 11.1 Å². The van der Waals surface area contributed by atoms with Gasteiger partial charge < -0.3 is 15.2 Å². The number of benzene rings is 1. The molecule has 0 spiro atoms. The molecule has 0 atom stereocenters. The monoisotopic (exact) mass is 221 g/mol. The summed E-state index contributed by atoms with van der Waals surface area (Å²) < 4.78 is 5.20. The first-order chi connectivity index (χ1) is 7.72. The minimum absolute atomic E-state index is 0.111. The first kappa shape index (κ1) is 11.6. The molecule has 0 saturated carbocycles. The zero-order valence-electron chi connectivity index (χ0n) is 9.70. The largest absolute Gasteiger partial charge is 0.392 e. The highest BCUT2D eigenvalue weighted by atomic mass is 16.5. The fourth-order valence-corrected chi connectivity index (χ4v) is 1.90. The molecule has 0 bridgehead atoms. The van der Waals surface area contributed by atoms with E-state index in [1.165, 1.54) is 5.56 Å². The highest BCUT2D eigenvalue weighted by Gasteiger charge is 2.32. The van der Waals surface area contributed by atoms with Crippen molar-refractivity contribution in [2.75, 3.05) is 19.8 Å². The van der Waals surface area contributed by atoms with E-state index in [-0.39, 0.29) is 6.61 Å². The SMILES string of the molecule is CC1(CNCc2cccc(CO)c2)COC1. The average Bonchev–Trinajstić information content (AvgIpc) is 2.27. The van der Waals surface area contributed by atoms with Crippen LogP contribution < -0.4 is 5.32 Å². The fraction of sp³-hybridized carbons (Fsp3) is 0.538. The van der Waals surface area contributed by atoms with Gasteiger partial charge in [-0.15, -0.1) is 0 Å². The number of aliphatic hydroxyl groups excluding tert-OH is 1. The van der Waals surface area contributed by atoms with E-state index in [0.29, 0.717) is 5.41 Å². The summed E-state index contributed by atoms with van der Waals surface area (Å²) in [4.78, 5) is 0. The Kier molecular flexibility index (Phi) is 3.59. The van der Waals surface area contributed by atoms with Crippen molar-refractivity contribution in [3.8, 4) is 0 Å². The molecule has 1 aromatic rings. The molecule has 88 valence electrons. The van der Waals surface area contributed by atoms with Crippen LogP contribution >= 0.6 is 0 Å². The third kappa shape index (κ3) is 2.82. The van der Waals surface area contributed by atoms with Gasteiger partial charge in [0, 0.05) is 18.5 Å². The highest BCUT2D eigenvalue weighted by molar-refractivity contribution is 5.22. The maximum absolute atomic E-state index is 9.03. The van der Waals surface area contributed by atoms with E-state index < -0.39 is 0 Å². The van der Waals surface area contributed by atoms with E-state index >= 15 is 0 Å². The van der Waals surface area contributed by atoms with Gasteiger partial charge in [-0.3, -0.25) is 0 Å². The standard InChI is InChI=1S/C13H19NO2/c1-13(9-16-10-13)8-14-6-11-3-2-4-12(5-11)7-15/h2-5,14-15H,6-10H2,1H3. The third-order valence-electron chi connectivity index (χ3n) is 2.96. The Morgan fingerprint density at radius 3 is 2.75 bits per heavy atom. The number of rotatable bonds is 5. The lowest BCUT2D eigenvalue weighted by molar-refractivity contribution is -0.0991. The summed E-state index contributed by atoms with van der Waals surface area (Å²) in [5.74, 6) is 0. The first-order valence-electron chi connectivity index (χ1n) is 5.69. The predicted octanol–water partition coefficient (Wildman–Crippen LogP) is 1.30. The number of hydrogen-bond acceptors (Lipinski definition) is 3. The van der Waals surface area contributed by atoms with E-state index in [4.69, 9.17) is 9.84 Å². The Balaban J connectivity index is 1.80. The van der Waals surface area contributed by atoms with Crippen LogP contribution in [0.15, 0.2) is 24.3 Å². The van der Waals surface area contributed by atoms with E-state index in [1.54, 1.807) is 0 Å². The molecule has 1 aliphatic rings. The summed E-state index contributed by atoms with van der Waals surface area (Å²) >= 11 is 0. The molecule has 0 amide bonds. The molecule has 2 rings (SSSR count). The van der Waals surface area contributed by atoms with Gasteiger partial charge in [0.2, 0.25) is 0 Å². The minimum atomic E-state index is 0.111. The zero-order chi connectivity index (χ0) is 11.4. The van der Waals surface area contributed by atoms with Gasteiger partial charge in [0.05, 0.1) is 19.8 Å². The van der Waals surface area contributed by atoms with E-state index in [1.807, 2.05) is 18.2 Å². The van der Waals surface area contributed by atoms with Crippen LogP contribution in [0.1, 0.15) is 18.1 Å². The number of nitrogens with one attached hydrogen (secondary N) is 1. The quantitative estimate of drug-likeness (QED) is 0.787. The highest BCUT2D eigenvalue weighted by Crippen LogP contribution is 2.25. The second kappa shape index (κ2) is 4.95. The molecule has 0 aliphatic carbocycles. The lowest BCUT2D eigenvalue weighted by Gasteiger charge is -2.38. The summed E-state index contributed by atoms with van der Waals surface area (Å²) in [6.07, 6.45) is 0. The molecule has 1 heterocycles. The van der Waals surface area contributed by atoms with Crippen LogP contribution in [0.3, 0.4) is 0 Å². The summed E-state index contributed by atoms with van der Waals surface area (Å²) in [5, 5.41) is 12.5. The Hall–Kier alpha value is -0.900. The van der Waals surface area contributed by atoms with Gasteiger partial charge in [0.25, 0.3) is 0 Å². The Labute approximate surface area is 96.4 Å². The van der Waals surface area contributed by atoms with Gasteiger partial charge in [-0.25, -0.2) is 0 Å². The molecule has 16 heavy (non-hydrogen) atoms. The molecule has 1 fully saturated rings. The third-order valence-corrected chi connectivity index (χ3v) is 2.96. The number of aliphatic hydroxyl groups is 1. The van der Waals surface area contributed by atoms with Crippen molar-refractivity contribution < 1.29 is 9.84 Å². The van der Waals surface area contributed by atoms with Crippen LogP contribution in [0.2, 0.25) is 0 Å². The molecule has 1 saturated heterocycles. The van der Waals surface area contributed by atoms with E-state index in [2.05, 4.69) is 18.3 Å². The summed E-state index contributed by atoms with van der Waals surface area (Å²) in [5.41, 5.74) is 2.50. The molecule has 0 aromatic heterocycles. The second-order valence-corrected chi connectivity index (χ2v) is 4.89. The van der Waals surface area contributed by atoms with Gasteiger partial charge in [0.15, 0.2) is 0 Å². The Bertz CT molecular complexity index is 348. The summed E-state index contributed by atoms with van der Waals surface area (Å²) in [6, 6.07) is 8.03. The van der Waals surface area contributed by atoms with Crippen LogP contribution in [-0.2, 0) is 17.9 Å². The van der Waals surface area contributed by atoms with Crippen molar-refractivity contribution in [3.05, 3.63) is 35.4 Å². The Morgan fingerprint density at radius 1 is 1.38 bits per heavy atom.